The van der Waals surface area contributed by atoms with E-state index in [0.717, 1.165) is 0 Å². The molecule has 0 aliphatic rings. The molecule has 2 rings (SSSR count). The number of halogens is 2. The van der Waals surface area contributed by atoms with Crippen molar-refractivity contribution in [3.05, 3.63) is 50.8 Å². The van der Waals surface area contributed by atoms with E-state index >= 15 is 0 Å². The first-order valence-corrected chi connectivity index (χ1v) is 6.43. The Morgan fingerprint density at radius 2 is 2.11 bits per heavy atom. The van der Waals surface area contributed by atoms with Gasteiger partial charge < -0.3 is 10.4 Å². The number of hydrogen-bond acceptors (Lipinski definition) is 3. The van der Waals surface area contributed by atoms with E-state index in [1.54, 1.807) is 24.3 Å². The molecular formula is C12H8ClIN2O2. The number of phenols is 1. The Kier molecular flexibility index (Phi) is 4.03. The van der Waals surface area contributed by atoms with Gasteiger partial charge in [-0.3, -0.25) is 4.79 Å². The first-order chi connectivity index (χ1) is 8.56. The van der Waals surface area contributed by atoms with Crippen molar-refractivity contribution in [1.82, 2.24) is 4.98 Å². The van der Waals surface area contributed by atoms with Gasteiger partial charge in [-0.05, 0) is 52.9 Å². The van der Waals surface area contributed by atoms with Crippen LogP contribution in [-0.4, -0.2) is 16.0 Å². The number of anilines is 1. The third kappa shape index (κ3) is 3.11. The topological polar surface area (TPSA) is 62.2 Å². The highest BCUT2D eigenvalue weighted by Crippen LogP contribution is 2.21. The van der Waals surface area contributed by atoms with Gasteiger partial charge in [0.15, 0.2) is 0 Å². The van der Waals surface area contributed by atoms with Crippen LogP contribution in [0.2, 0.25) is 5.15 Å². The van der Waals surface area contributed by atoms with Crippen LogP contribution in [-0.2, 0) is 0 Å². The second kappa shape index (κ2) is 5.53. The molecule has 92 valence electrons. The minimum absolute atomic E-state index is 0.0796. The number of aromatic nitrogens is 1. The molecule has 0 aliphatic carbocycles. The van der Waals surface area contributed by atoms with E-state index in [1.165, 1.54) is 12.3 Å². The average molecular weight is 375 g/mol. The highest BCUT2D eigenvalue weighted by molar-refractivity contribution is 14.1. The molecule has 0 radical (unpaired) electrons. The highest BCUT2D eigenvalue weighted by Gasteiger charge is 2.08. The van der Waals surface area contributed by atoms with Crippen LogP contribution in [0, 0.1) is 3.57 Å². The molecule has 0 aliphatic heterocycles. The molecule has 2 aromatic rings. The van der Waals surface area contributed by atoms with E-state index in [2.05, 4.69) is 10.3 Å². The van der Waals surface area contributed by atoms with Gasteiger partial charge in [0.05, 0.1) is 3.57 Å². The maximum absolute atomic E-state index is 11.9. The number of pyridine rings is 1. The third-order valence-corrected chi connectivity index (χ3v) is 3.31. The van der Waals surface area contributed by atoms with Crippen molar-refractivity contribution in [2.75, 3.05) is 5.32 Å². The van der Waals surface area contributed by atoms with Gasteiger partial charge in [-0.25, -0.2) is 4.98 Å². The minimum Gasteiger partial charge on any atom is -0.507 e. The molecule has 0 saturated heterocycles. The lowest BCUT2D eigenvalue weighted by Gasteiger charge is -2.06. The Hall–Kier alpha value is -1.34. The van der Waals surface area contributed by atoms with Gasteiger partial charge in [-0.2, -0.15) is 0 Å². The summed E-state index contributed by atoms with van der Waals surface area (Å²) < 4.78 is 0.691. The molecule has 0 spiro atoms. The summed E-state index contributed by atoms with van der Waals surface area (Å²) in [5, 5.41) is 12.5. The molecule has 0 fully saturated rings. The Labute approximate surface area is 122 Å². The predicted octanol–water partition coefficient (Wildman–Crippen LogP) is 3.30. The van der Waals surface area contributed by atoms with Gasteiger partial charge in [-0.1, -0.05) is 11.6 Å². The molecule has 1 aromatic heterocycles. The first kappa shape index (κ1) is 13.1. The van der Waals surface area contributed by atoms with Crippen molar-refractivity contribution < 1.29 is 9.90 Å². The Morgan fingerprint density at radius 1 is 1.33 bits per heavy atom. The fourth-order valence-corrected chi connectivity index (χ4v) is 1.85. The van der Waals surface area contributed by atoms with E-state index in [4.69, 9.17) is 11.6 Å². The molecule has 1 heterocycles. The molecule has 0 saturated carbocycles. The Balaban J connectivity index is 2.19. The van der Waals surface area contributed by atoms with Crippen LogP contribution < -0.4 is 5.32 Å². The van der Waals surface area contributed by atoms with Crippen LogP contribution in [0.15, 0.2) is 36.5 Å². The summed E-state index contributed by atoms with van der Waals surface area (Å²) in [7, 11) is 0. The smallest absolute Gasteiger partial charge is 0.255 e. The number of phenolic OH excluding ortho intramolecular Hbond substituents is 1. The monoisotopic (exact) mass is 374 g/mol. The fraction of sp³-hybridized carbons (Fsp3) is 0. The maximum atomic E-state index is 11.9. The molecule has 0 unspecified atom stereocenters. The maximum Gasteiger partial charge on any atom is 0.255 e. The standard InChI is InChI=1S/C12H8ClIN2O2/c13-11-6-8(3-4-15-11)16-12(18)7-1-2-9(14)10(17)5-7/h1-6,17H,(H,15,16,18). The fourth-order valence-electron chi connectivity index (χ4n) is 1.34. The van der Waals surface area contributed by atoms with Crippen LogP contribution >= 0.6 is 34.2 Å². The summed E-state index contributed by atoms with van der Waals surface area (Å²) in [6.07, 6.45) is 1.50. The van der Waals surface area contributed by atoms with Crippen molar-refractivity contribution in [3.8, 4) is 5.75 Å². The molecule has 2 N–H and O–H groups in total. The molecule has 6 heteroatoms. The SMILES string of the molecule is O=C(Nc1ccnc(Cl)c1)c1ccc(I)c(O)c1. The van der Waals surface area contributed by atoms with Crippen LogP contribution in [0.25, 0.3) is 0 Å². The molecule has 4 nitrogen and oxygen atoms in total. The summed E-state index contributed by atoms with van der Waals surface area (Å²) in [5.74, 6) is -0.236. The average Bonchev–Trinajstić information content (AvgIpc) is 2.32. The van der Waals surface area contributed by atoms with E-state index in [1.807, 2.05) is 22.6 Å². The van der Waals surface area contributed by atoms with Crippen molar-refractivity contribution in [2.45, 2.75) is 0 Å². The van der Waals surface area contributed by atoms with E-state index in [0.29, 0.717) is 20.0 Å². The van der Waals surface area contributed by atoms with Gasteiger partial charge in [0.2, 0.25) is 0 Å². The van der Waals surface area contributed by atoms with E-state index in [-0.39, 0.29) is 11.7 Å². The number of benzene rings is 1. The van der Waals surface area contributed by atoms with Crippen LogP contribution in [0.5, 0.6) is 5.75 Å². The third-order valence-electron chi connectivity index (χ3n) is 2.19. The zero-order chi connectivity index (χ0) is 13.1. The summed E-state index contributed by atoms with van der Waals surface area (Å²) >= 11 is 7.70. The minimum atomic E-state index is -0.316. The first-order valence-electron chi connectivity index (χ1n) is 4.97. The lowest BCUT2D eigenvalue weighted by molar-refractivity contribution is 0.102. The zero-order valence-corrected chi connectivity index (χ0v) is 11.9. The van der Waals surface area contributed by atoms with Crippen LogP contribution in [0.1, 0.15) is 10.4 Å². The highest BCUT2D eigenvalue weighted by atomic mass is 127. The number of aromatic hydroxyl groups is 1. The lowest BCUT2D eigenvalue weighted by Crippen LogP contribution is -2.11. The number of hydrogen-bond donors (Lipinski definition) is 2. The van der Waals surface area contributed by atoms with Crippen molar-refractivity contribution in [2.24, 2.45) is 0 Å². The van der Waals surface area contributed by atoms with Crippen LogP contribution in [0.3, 0.4) is 0 Å². The summed E-state index contributed by atoms with van der Waals surface area (Å²) in [4.78, 5) is 15.7. The molecular weight excluding hydrogens is 367 g/mol. The van der Waals surface area contributed by atoms with Gasteiger partial charge in [0, 0.05) is 17.4 Å². The quantitative estimate of drug-likeness (QED) is 0.626. The van der Waals surface area contributed by atoms with Gasteiger partial charge in [0.1, 0.15) is 10.9 Å². The summed E-state index contributed by atoms with van der Waals surface area (Å²) in [6, 6.07) is 7.91. The predicted molar refractivity (Wildman–Crippen MR) is 78.0 cm³/mol. The molecule has 1 aromatic carbocycles. The van der Waals surface area contributed by atoms with Crippen molar-refractivity contribution in [1.29, 1.82) is 0 Å². The normalized spacial score (nSPS) is 10.1. The molecule has 18 heavy (non-hydrogen) atoms. The second-order valence-electron chi connectivity index (χ2n) is 3.49. The largest absolute Gasteiger partial charge is 0.507 e. The zero-order valence-electron chi connectivity index (χ0n) is 9.02. The summed E-state index contributed by atoms with van der Waals surface area (Å²) in [5.41, 5.74) is 0.930. The Bertz CT molecular complexity index is 604. The second-order valence-corrected chi connectivity index (χ2v) is 5.04. The number of amides is 1. The number of rotatable bonds is 2. The molecule has 0 atom stereocenters. The van der Waals surface area contributed by atoms with Gasteiger partial charge in [-0.15, -0.1) is 0 Å². The lowest BCUT2D eigenvalue weighted by atomic mass is 10.2. The van der Waals surface area contributed by atoms with E-state index in [9.17, 15) is 9.90 Å². The molecule has 1 amide bonds. The van der Waals surface area contributed by atoms with Crippen molar-refractivity contribution in [3.63, 3.8) is 0 Å². The summed E-state index contributed by atoms with van der Waals surface area (Å²) in [6.45, 7) is 0. The number of carbonyl (C=O) groups is 1. The van der Waals surface area contributed by atoms with E-state index < -0.39 is 0 Å². The Morgan fingerprint density at radius 3 is 2.78 bits per heavy atom. The molecule has 0 bridgehead atoms. The van der Waals surface area contributed by atoms with Crippen LogP contribution in [0.4, 0.5) is 5.69 Å². The van der Waals surface area contributed by atoms with Gasteiger partial charge in [0.25, 0.3) is 5.91 Å². The van der Waals surface area contributed by atoms with Gasteiger partial charge >= 0.3 is 0 Å². The number of carbonyl (C=O) groups excluding carboxylic acids is 1. The van der Waals surface area contributed by atoms with Crippen molar-refractivity contribution >= 4 is 45.8 Å². The number of nitrogens with one attached hydrogen (secondary N) is 1. The number of nitrogens with zero attached hydrogens (tertiary/aromatic N) is 1.